The molecule has 1 atom stereocenters. The molecule has 0 saturated carbocycles. The molecule has 1 aliphatic rings. The second kappa shape index (κ2) is 8.62. The van der Waals surface area contributed by atoms with Crippen LogP contribution in [0.4, 0.5) is 0 Å². The zero-order valence-electron chi connectivity index (χ0n) is 14.6. The summed E-state index contributed by atoms with van der Waals surface area (Å²) in [6.07, 6.45) is 7.32. The van der Waals surface area contributed by atoms with Crippen molar-refractivity contribution in [3.8, 4) is 0 Å². The summed E-state index contributed by atoms with van der Waals surface area (Å²) in [5.41, 5.74) is 0.906. The molecule has 5 nitrogen and oxygen atoms in total. The second-order valence-corrected chi connectivity index (χ2v) is 8.69. The van der Waals surface area contributed by atoms with Crippen molar-refractivity contribution < 1.29 is 13.2 Å². The number of sulfone groups is 1. The number of hydrogen-bond acceptors (Lipinski definition) is 4. The third-order valence-electron chi connectivity index (χ3n) is 4.50. The highest BCUT2D eigenvalue weighted by molar-refractivity contribution is 7.90. The van der Waals surface area contributed by atoms with E-state index in [1.54, 1.807) is 24.3 Å². The minimum atomic E-state index is -3.19. The Hall–Kier alpha value is -1.40. The molecule has 1 heterocycles. The molecule has 6 heteroatoms. The van der Waals surface area contributed by atoms with Gasteiger partial charge in [-0.15, -0.1) is 0 Å². The molecule has 0 spiro atoms. The quantitative estimate of drug-likeness (QED) is 0.884. The number of carbonyl (C=O) groups is 1. The second-order valence-electron chi connectivity index (χ2n) is 6.67. The lowest BCUT2D eigenvalue weighted by Gasteiger charge is -2.24. The summed E-state index contributed by atoms with van der Waals surface area (Å²) < 4.78 is 23.0. The lowest BCUT2D eigenvalue weighted by Crippen LogP contribution is -2.39. The Morgan fingerprint density at radius 1 is 1.08 bits per heavy atom. The van der Waals surface area contributed by atoms with Gasteiger partial charge in [0.05, 0.1) is 17.5 Å². The zero-order valence-corrected chi connectivity index (χ0v) is 15.4. The Morgan fingerprint density at radius 2 is 1.62 bits per heavy atom. The van der Waals surface area contributed by atoms with Crippen LogP contribution in [0.5, 0.6) is 0 Å². The van der Waals surface area contributed by atoms with E-state index in [4.69, 9.17) is 0 Å². The van der Waals surface area contributed by atoms with Gasteiger partial charge < -0.3 is 5.32 Å². The van der Waals surface area contributed by atoms with Crippen LogP contribution in [0.15, 0.2) is 29.2 Å². The van der Waals surface area contributed by atoms with Crippen LogP contribution in [-0.4, -0.2) is 45.1 Å². The number of nitrogens with one attached hydrogen (secondary N) is 1. The summed E-state index contributed by atoms with van der Waals surface area (Å²) >= 11 is 0. The molecule has 1 aromatic carbocycles. The first-order valence-corrected chi connectivity index (χ1v) is 10.6. The molecule has 1 N–H and O–H groups in total. The van der Waals surface area contributed by atoms with Gasteiger partial charge in [0.2, 0.25) is 5.91 Å². The van der Waals surface area contributed by atoms with E-state index in [1.165, 1.54) is 25.5 Å². The average molecular weight is 352 g/mol. The van der Waals surface area contributed by atoms with E-state index in [9.17, 15) is 13.2 Å². The van der Waals surface area contributed by atoms with E-state index in [-0.39, 0.29) is 11.9 Å². The van der Waals surface area contributed by atoms with Crippen LogP contribution in [0.1, 0.15) is 50.6 Å². The fourth-order valence-corrected chi connectivity index (χ4v) is 3.68. The highest BCUT2D eigenvalue weighted by Crippen LogP contribution is 2.16. The van der Waals surface area contributed by atoms with Gasteiger partial charge in [0.25, 0.3) is 0 Å². The Bertz CT molecular complexity index is 633. The standard InChI is InChI=1S/C18H28N2O3S/c1-15(16-8-10-17(11-9-16)24(2,22)23)19-18(21)14-20-12-6-4-3-5-7-13-20/h8-11,15H,3-7,12-14H2,1-2H3,(H,19,21)/t15-/m1/s1. The Kier molecular flexibility index (Phi) is 6.80. The molecule has 0 radical (unpaired) electrons. The van der Waals surface area contributed by atoms with Crippen molar-refractivity contribution in [3.05, 3.63) is 29.8 Å². The smallest absolute Gasteiger partial charge is 0.234 e. The summed E-state index contributed by atoms with van der Waals surface area (Å²) in [5.74, 6) is 0.0234. The van der Waals surface area contributed by atoms with E-state index < -0.39 is 9.84 Å². The molecule has 1 amide bonds. The highest BCUT2D eigenvalue weighted by atomic mass is 32.2. The lowest BCUT2D eigenvalue weighted by molar-refractivity contribution is -0.123. The topological polar surface area (TPSA) is 66.5 Å². The molecule has 0 unspecified atom stereocenters. The fourth-order valence-electron chi connectivity index (χ4n) is 3.05. The number of rotatable bonds is 5. The summed E-state index contributed by atoms with van der Waals surface area (Å²) in [4.78, 5) is 14.8. The van der Waals surface area contributed by atoms with Crippen LogP contribution in [0, 0.1) is 0 Å². The molecule has 1 fully saturated rings. The van der Waals surface area contributed by atoms with Gasteiger partial charge in [0, 0.05) is 6.26 Å². The van der Waals surface area contributed by atoms with E-state index >= 15 is 0 Å². The molecular formula is C18H28N2O3S. The van der Waals surface area contributed by atoms with Gasteiger partial charge in [0.1, 0.15) is 0 Å². The molecule has 0 aromatic heterocycles. The Morgan fingerprint density at radius 3 is 2.17 bits per heavy atom. The molecule has 24 heavy (non-hydrogen) atoms. The molecule has 2 rings (SSSR count). The van der Waals surface area contributed by atoms with Gasteiger partial charge in [0.15, 0.2) is 9.84 Å². The van der Waals surface area contributed by atoms with E-state index in [1.807, 2.05) is 6.92 Å². The van der Waals surface area contributed by atoms with Gasteiger partial charge >= 0.3 is 0 Å². The molecular weight excluding hydrogens is 324 g/mol. The van der Waals surface area contributed by atoms with Gasteiger partial charge in [-0.25, -0.2) is 8.42 Å². The van der Waals surface area contributed by atoms with Gasteiger partial charge in [-0.1, -0.05) is 31.4 Å². The summed E-state index contributed by atoms with van der Waals surface area (Å²) in [6.45, 7) is 4.34. The molecule has 1 saturated heterocycles. The van der Waals surface area contributed by atoms with Crippen molar-refractivity contribution >= 4 is 15.7 Å². The monoisotopic (exact) mass is 352 g/mol. The first-order valence-electron chi connectivity index (χ1n) is 8.68. The number of nitrogens with zero attached hydrogens (tertiary/aromatic N) is 1. The summed E-state index contributed by atoms with van der Waals surface area (Å²) in [5, 5.41) is 3.01. The summed E-state index contributed by atoms with van der Waals surface area (Å²) in [6, 6.07) is 6.56. The van der Waals surface area contributed by atoms with Crippen molar-refractivity contribution in [3.63, 3.8) is 0 Å². The Balaban J connectivity index is 1.88. The zero-order chi connectivity index (χ0) is 17.6. The average Bonchev–Trinajstić information content (AvgIpc) is 2.49. The van der Waals surface area contributed by atoms with E-state index in [0.29, 0.717) is 11.4 Å². The maximum absolute atomic E-state index is 12.3. The normalized spacial score (nSPS) is 18.4. The highest BCUT2D eigenvalue weighted by Gasteiger charge is 2.15. The third kappa shape index (κ3) is 5.91. The van der Waals surface area contributed by atoms with Gasteiger partial charge in [-0.05, 0) is 50.6 Å². The first kappa shape index (κ1) is 18.9. The molecule has 1 aliphatic heterocycles. The predicted octanol–water partition coefficient (Wildman–Crippen LogP) is 2.53. The van der Waals surface area contributed by atoms with Crippen molar-refractivity contribution in [1.29, 1.82) is 0 Å². The van der Waals surface area contributed by atoms with Crippen LogP contribution in [-0.2, 0) is 14.6 Å². The van der Waals surface area contributed by atoms with E-state index in [2.05, 4.69) is 10.2 Å². The van der Waals surface area contributed by atoms with Crippen LogP contribution in [0.2, 0.25) is 0 Å². The molecule has 134 valence electrons. The van der Waals surface area contributed by atoms with Gasteiger partial charge in [-0.2, -0.15) is 0 Å². The maximum atomic E-state index is 12.3. The number of amides is 1. The summed E-state index contributed by atoms with van der Waals surface area (Å²) in [7, 11) is -3.19. The van der Waals surface area contributed by atoms with Crippen LogP contribution in [0.3, 0.4) is 0 Å². The van der Waals surface area contributed by atoms with Crippen LogP contribution >= 0.6 is 0 Å². The first-order chi connectivity index (χ1) is 11.4. The maximum Gasteiger partial charge on any atom is 0.234 e. The molecule has 0 bridgehead atoms. The van der Waals surface area contributed by atoms with Crippen molar-refractivity contribution in [2.75, 3.05) is 25.9 Å². The van der Waals surface area contributed by atoms with Crippen molar-refractivity contribution in [2.45, 2.75) is 50.0 Å². The number of carbonyl (C=O) groups excluding carboxylic acids is 1. The molecule has 0 aliphatic carbocycles. The SMILES string of the molecule is C[C@@H](NC(=O)CN1CCCCCCC1)c1ccc(S(C)(=O)=O)cc1. The van der Waals surface area contributed by atoms with Gasteiger partial charge in [-0.3, -0.25) is 9.69 Å². The van der Waals surface area contributed by atoms with Crippen molar-refractivity contribution in [2.24, 2.45) is 0 Å². The number of benzene rings is 1. The van der Waals surface area contributed by atoms with Crippen LogP contribution < -0.4 is 5.32 Å². The Labute approximate surface area is 145 Å². The predicted molar refractivity (Wildman–Crippen MR) is 95.6 cm³/mol. The largest absolute Gasteiger partial charge is 0.348 e. The fraction of sp³-hybridized carbons (Fsp3) is 0.611. The third-order valence-corrected chi connectivity index (χ3v) is 5.63. The minimum Gasteiger partial charge on any atom is -0.348 e. The molecule has 1 aromatic rings. The van der Waals surface area contributed by atoms with Crippen LogP contribution in [0.25, 0.3) is 0 Å². The minimum absolute atomic E-state index is 0.0234. The van der Waals surface area contributed by atoms with Crippen molar-refractivity contribution in [1.82, 2.24) is 10.2 Å². The lowest BCUT2D eigenvalue weighted by atomic mass is 10.1. The number of hydrogen-bond donors (Lipinski definition) is 1. The van der Waals surface area contributed by atoms with E-state index in [0.717, 1.165) is 31.5 Å². The number of likely N-dealkylation sites (tertiary alicyclic amines) is 1.